The number of piperidine rings is 1. The van der Waals surface area contributed by atoms with Crippen LogP contribution in [0.5, 0.6) is 0 Å². The van der Waals surface area contributed by atoms with Crippen molar-refractivity contribution >= 4 is 29.3 Å². The number of rotatable bonds is 7. The normalized spacial score (nSPS) is 18.3. The van der Waals surface area contributed by atoms with Gasteiger partial charge in [0.15, 0.2) is 5.16 Å². The summed E-state index contributed by atoms with van der Waals surface area (Å²) in [5, 5.41) is 21.4. The van der Waals surface area contributed by atoms with Gasteiger partial charge in [0, 0.05) is 18.8 Å². The summed E-state index contributed by atoms with van der Waals surface area (Å²) in [7, 11) is 0. The Morgan fingerprint density at radius 3 is 2.78 bits per heavy atom. The van der Waals surface area contributed by atoms with E-state index in [9.17, 15) is 4.79 Å². The lowest BCUT2D eigenvalue weighted by atomic mass is 9.92. The molecule has 2 aromatic heterocycles. The molecule has 4 rings (SSSR count). The van der Waals surface area contributed by atoms with Crippen molar-refractivity contribution in [2.45, 2.75) is 32.0 Å². The SMILES string of the molecule is CC1CC(C)CN(c2nnc(SCC(=O)Nc3cccc(C#N)c3)n2Cc2ccco2)C1. The minimum Gasteiger partial charge on any atom is -0.467 e. The summed E-state index contributed by atoms with van der Waals surface area (Å²) < 4.78 is 7.59. The van der Waals surface area contributed by atoms with E-state index in [1.54, 1.807) is 30.5 Å². The van der Waals surface area contributed by atoms with Crippen LogP contribution in [0.15, 0.2) is 52.2 Å². The summed E-state index contributed by atoms with van der Waals surface area (Å²) >= 11 is 1.34. The van der Waals surface area contributed by atoms with Crippen LogP contribution in [-0.2, 0) is 11.3 Å². The lowest BCUT2D eigenvalue weighted by Crippen LogP contribution is -2.40. The topological polar surface area (TPSA) is 100.0 Å². The van der Waals surface area contributed by atoms with E-state index in [1.165, 1.54) is 18.2 Å². The van der Waals surface area contributed by atoms with Gasteiger partial charge >= 0.3 is 0 Å². The second-order valence-electron chi connectivity index (χ2n) is 8.33. The van der Waals surface area contributed by atoms with Crippen molar-refractivity contribution in [2.24, 2.45) is 11.8 Å². The van der Waals surface area contributed by atoms with Gasteiger partial charge in [-0.2, -0.15) is 5.26 Å². The molecule has 2 atom stereocenters. The van der Waals surface area contributed by atoms with E-state index >= 15 is 0 Å². The molecule has 0 bridgehead atoms. The van der Waals surface area contributed by atoms with Crippen LogP contribution in [0.1, 0.15) is 31.6 Å². The molecule has 3 aromatic rings. The summed E-state index contributed by atoms with van der Waals surface area (Å²) in [6.07, 6.45) is 2.86. The second-order valence-corrected chi connectivity index (χ2v) is 9.27. The quantitative estimate of drug-likeness (QED) is 0.543. The molecule has 1 saturated heterocycles. The number of aromatic nitrogens is 3. The van der Waals surface area contributed by atoms with Crippen molar-refractivity contribution in [1.29, 1.82) is 5.26 Å². The van der Waals surface area contributed by atoms with Crippen LogP contribution in [0.4, 0.5) is 11.6 Å². The van der Waals surface area contributed by atoms with Crippen LogP contribution in [0.3, 0.4) is 0 Å². The van der Waals surface area contributed by atoms with Gasteiger partial charge in [-0.1, -0.05) is 31.7 Å². The monoisotopic (exact) mass is 450 g/mol. The van der Waals surface area contributed by atoms with Crippen molar-refractivity contribution < 1.29 is 9.21 Å². The molecule has 1 fully saturated rings. The van der Waals surface area contributed by atoms with Gasteiger partial charge in [-0.25, -0.2) is 0 Å². The Morgan fingerprint density at radius 2 is 2.06 bits per heavy atom. The third-order valence-corrected chi connectivity index (χ3v) is 6.32. The largest absolute Gasteiger partial charge is 0.467 e. The van der Waals surface area contributed by atoms with Crippen LogP contribution in [0.25, 0.3) is 0 Å². The number of anilines is 2. The molecule has 3 heterocycles. The number of nitrogens with zero attached hydrogens (tertiary/aromatic N) is 5. The van der Waals surface area contributed by atoms with Crippen molar-refractivity contribution in [1.82, 2.24) is 14.8 Å². The number of amides is 1. The molecule has 0 radical (unpaired) electrons. The first kappa shape index (κ1) is 22.0. The molecular formula is C23H26N6O2S. The fraction of sp³-hybridized carbons (Fsp3) is 0.391. The van der Waals surface area contributed by atoms with Gasteiger partial charge in [0.05, 0.1) is 30.2 Å². The van der Waals surface area contributed by atoms with Crippen LogP contribution in [0, 0.1) is 23.2 Å². The minimum atomic E-state index is -0.167. The highest BCUT2D eigenvalue weighted by molar-refractivity contribution is 7.99. The zero-order chi connectivity index (χ0) is 22.5. The number of nitrogens with one attached hydrogen (secondary N) is 1. The minimum absolute atomic E-state index is 0.167. The number of thioether (sulfide) groups is 1. The van der Waals surface area contributed by atoms with E-state index in [2.05, 4.69) is 40.3 Å². The molecule has 166 valence electrons. The predicted molar refractivity (Wildman–Crippen MR) is 124 cm³/mol. The highest BCUT2D eigenvalue weighted by Crippen LogP contribution is 2.29. The lowest BCUT2D eigenvalue weighted by Gasteiger charge is -2.35. The standard InChI is InChI=1S/C23H26N6O2S/c1-16-9-17(2)13-28(12-16)22-26-27-23(29(22)14-20-7-4-8-31-20)32-15-21(30)25-19-6-3-5-18(10-19)11-24/h3-8,10,16-17H,9,12-15H2,1-2H3,(H,25,30). The van der Waals surface area contributed by atoms with Crippen molar-refractivity contribution in [3.63, 3.8) is 0 Å². The van der Waals surface area contributed by atoms with E-state index in [-0.39, 0.29) is 11.7 Å². The Bertz CT molecular complexity index is 1090. The van der Waals surface area contributed by atoms with E-state index in [4.69, 9.17) is 9.68 Å². The molecule has 1 aliphatic rings. The lowest BCUT2D eigenvalue weighted by molar-refractivity contribution is -0.113. The molecule has 1 aliphatic heterocycles. The Kier molecular flexibility index (Phi) is 6.81. The van der Waals surface area contributed by atoms with Crippen LogP contribution in [-0.4, -0.2) is 39.5 Å². The summed E-state index contributed by atoms with van der Waals surface area (Å²) in [4.78, 5) is 14.8. The predicted octanol–water partition coefficient (Wildman–Crippen LogP) is 4.00. The molecule has 8 nitrogen and oxygen atoms in total. The summed E-state index contributed by atoms with van der Waals surface area (Å²) in [5.41, 5.74) is 1.10. The Balaban J connectivity index is 1.49. The van der Waals surface area contributed by atoms with Crippen molar-refractivity contribution in [3.8, 4) is 6.07 Å². The van der Waals surface area contributed by atoms with Gasteiger partial charge in [-0.15, -0.1) is 10.2 Å². The van der Waals surface area contributed by atoms with E-state index < -0.39 is 0 Å². The maximum absolute atomic E-state index is 12.5. The molecule has 2 unspecified atom stereocenters. The van der Waals surface area contributed by atoms with Crippen LogP contribution >= 0.6 is 11.8 Å². The molecule has 9 heteroatoms. The zero-order valence-corrected chi connectivity index (χ0v) is 19.0. The van der Waals surface area contributed by atoms with Crippen molar-refractivity contribution in [2.75, 3.05) is 29.1 Å². The molecule has 0 saturated carbocycles. The van der Waals surface area contributed by atoms with E-state index in [0.29, 0.717) is 34.8 Å². The maximum atomic E-state index is 12.5. The zero-order valence-electron chi connectivity index (χ0n) is 18.2. The summed E-state index contributed by atoms with van der Waals surface area (Å²) in [5.74, 6) is 2.80. The average molecular weight is 451 g/mol. The number of furan rings is 1. The number of benzene rings is 1. The highest BCUT2D eigenvalue weighted by atomic mass is 32.2. The molecular weight excluding hydrogens is 424 g/mol. The average Bonchev–Trinajstić information content (AvgIpc) is 3.42. The number of hydrogen-bond donors (Lipinski definition) is 1. The number of nitriles is 1. The van der Waals surface area contributed by atoms with Crippen molar-refractivity contribution in [3.05, 3.63) is 54.0 Å². The number of carbonyl (C=O) groups excluding carboxylic acids is 1. The Morgan fingerprint density at radius 1 is 1.25 bits per heavy atom. The molecule has 32 heavy (non-hydrogen) atoms. The van der Waals surface area contributed by atoms with Gasteiger partial charge < -0.3 is 14.6 Å². The molecule has 0 aliphatic carbocycles. The summed E-state index contributed by atoms with van der Waals surface area (Å²) in [6.45, 7) is 6.89. The molecule has 0 spiro atoms. The maximum Gasteiger partial charge on any atom is 0.234 e. The smallest absolute Gasteiger partial charge is 0.234 e. The highest BCUT2D eigenvalue weighted by Gasteiger charge is 2.27. The molecule has 1 aromatic carbocycles. The van der Waals surface area contributed by atoms with Crippen LogP contribution < -0.4 is 10.2 Å². The van der Waals surface area contributed by atoms with Crippen LogP contribution in [0.2, 0.25) is 0 Å². The third kappa shape index (κ3) is 5.32. The Hall–Kier alpha value is -3.25. The van der Waals surface area contributed by atoms with Gasteiger partial charge in [0.1, 0.15) is 5.76 Å². The molecule has 1 N–H and O–H groups in total. The third-order valence-electron chi connectivity index (χ3n) is 5.35. The van der Waals surface area contributed by atoms with Gasteiger partial charge in [0.2, 0.25) is 11.9 Å². The first-order valence-corrected chi connectivity index (χ1v) is 11.6. The van der Waals surface area contributed by atoms with E-state index in [1.807, 2.05) is 16.7 Å². The number of carbonyl (C=O) groups is 1. The number of hydrogen-bond acceptors (Lipinski definition) is 7. The molecule has 1 amide bonds. The summed E-state index contributed by atoms with van der Waals surface area (Å²) in [6, 6.07) is 12.7. The first-order valence-electron chi connectivity index (χ1n) is 10.6. The van der Waals surface area contributed by atoms with E-state index in [0.717, 1.165) is 24.8 Å². The van der Waals surface area contributed by atoms with Gasteiger partial charge in [0.25, 0.3) is 0 Å². The first-order chi connectivity index (χ1) is 15.5. The van der Waals surface area contributed by atoms with Gasteiger partial charge in [-0.3, -0.25) is 9.36 Å². The Labute approximate surface area is 191 Å². The van der Waals surface area contributed by atoms with Gasteiger partial charge in [-0.05, 0) is 48.6 Å². The second kappa shape index (κ2) is 9.92. The fourth-order valence-electron chi connectivity index (χ4n) is 4.14. The fourth-order valence-corrected chi connectivity index (χ4v) is 4.87.